The van der Waals surface area contributed by atoms with Gasteiger partial charge in [-0.05, 0) is 40.2 Å². The lowest BCUT2D eigenvalue weighted by atomic mass is 10.3. The lowest BCUT2D eigenvalue weighted by Crippen LogP contribution is -2.17. The Bertz CT molecular complexity index is 670. The standard InChI is InChI=1S/C11H12BrN3O2S3/c12-10-7-14-11(19-10)15-20(16,17)6-5-18-9-3-1-8(13)2-4-9/h1-4,7H,5-6,13H2,(H,14,15). The lowest BCUT2D eigenvalue weighted by molar-refractivity contribution is 0.602. The molecule has 0 aliphatic rings. The minimum absolute atomic E-state index is 0.0270. The number of nitrogen functional groups attached to an aromatic ring is 1. The molecule has 0 saturated heterocycles. The SMILES string of the molecule is Nc1ccc(SCCS(=O)(=O)Nc2ncc(Br)s2)cc1. The molecule has 9 heteroatoms. The minimum atomic E-state index is -3.37. The first-order valence-corrected chi connectivity index (χ1v) is 9.79. The van der Waals surface area contributed by atoms with Crippen molar-refractivity contribution in [1.82, 2.24) is 4.98 Å². The molecular formula is C11H12BrN3O2S3. The molecule has 1 aromatic carbocycles. The monoisotopic (exact) mass is 393 g/mol. The highest BCUT2D eigenvalue weighted by atomic mass is 79.9. The molecule has 0 aliphatic heterocycles. The van der Waals surface area contributed by atoms with Crippen molar-refractivity contribution in [2.75, 3.05) is 22.0 Å². The van der Waals surface area contributed by atoms with Gasteiger partial charge in [0.25, 0.3) is 0 Å². The topological polar surface area (TPSA) is 85.1 Å². The molecule has 0 unspecified atom stereocenters. The molecule has 0 amide bonds. The highest BCUT2D eigenvalue weighted by Crippen LogP contribution is 2.24. The van der Waals surface area contributed by atoms with Gasteiger partial charge < -0.3 is 5.73 Å². The van der Waals surface area contributed by atoms with E-state index in [2.05, 4.69) is 25.6 Å². The summed E-state index contributed by atoms with van der Waals surface area (Å²) >= 11 is 5.95. The van der Waals surface area contributed by atoms with Gasteiger partial charge >= 0.3 is 0 Å². The summed E-state index contributed by atoms with van der Waals surface area (Å²) in [5, 5.41) is 0.370. The van der Waals surface area contributed by atoms with Gasteiger partial charge in [-0.25, -0.2) is 13.4 Å². The third-order valence-electron chi connectivity index (χ3n) is 2.22. The van der Waals surface area contributed by atoms with Gasteiger partial charge in [-0.15, -0.1) is 11.8 Å². The number of anilines is 2. The fourth-order valence-electron chi connectivity index (χ4n) is 1.32. The predicted octanol–water partition coefficient (Wildman–Crippen LogP) is 3.02. The van der Waals surface area contributed by atoms with Crippen LogP contribution in [0.4, 0.5) is 10.8 Å². The summed E-state index contributed by atoms with van der Waals surface area (Å²) in [4.78, 5) is 4.93. The van der Waals surface area contributed by atoms with Crippen molar-refractivity contribution in [3.05, 3.63) is 34.2 Å². The average Bonchev–Trinajstić information content (AvgIpc) is 2.76. The Labute approximate surface area is 134 Å². The summed E-state index contributed by atoms with van der Waals surface area (Å²) in [6.45, 7) is 0. The summed E-state index contributed by atoms with van der Waals surface area (Å²) in [6.07, 6.45) is 1.56. The third kappa shape index (κ3) is 4.97. The number of sulfonamides is 1. The molecule has 0 saturated carbocycles. The average molecular weight is 394 g/mol. The molecule has 0 aliphatic carbocycles. The van der Waals surface area contributed by atoms with E-state index in [1.54, 1.807) is 18.3 Å². The van der Waals surface area contributed by atoms with Crippen LogP contribution in [0, 0.1) is 0 Å². The Morgan fingerprint density at radius 2 is 2.05 bits per heavy atom. The Morgan fingerprint density at radius 1 is 1.35 bits per heavy atom. The van der Waals surface area contributed by atoms with E-state index < -0.39 is 10.0 Å². The van der Waals surface area contributed by atoms with E-state index in [-0.39, 0.29) is 5.75 Å². The zero-order valence-electron chi connectivity index (χ0n) is 10.2. The van der Waals surface area contributed by atoms with Crippen LogP contribution in [0.2, 0.25) is 0 Å². The number of nitrogens with one attached hydrogen (secondary N) is 1. The molecule has 3 N–H and O–H groups in total. The van der Waals surface area contributed by atoms with Crippen LogP contribution in [0.1, 0.15) is 0 Å². The molecule has 0 radical (unpaired) electrons. The number of rotatable bonds is 6. The second-order valence-corrected chi connectivity index (χ2v) is 9.23. The lowest BCUT2D eigenvalue weighted by Gasteiger charge is -2.05. The molecule has 20 heavy (non-hydrogen) atoms. The second-order valence-electron chi connectivity index (χ2n) is 3.81. The maximum Gasteiger partial charge on any atom is 0.235 e. The van der Waals surface area contributed by atoms with Crippen molar-refractivity contribution in [2.45, 2.75) is 4.90 Å². The molecule has 0 spiro atoms. The molecule has 0 atom stereocenters. The molecule has 1 aromatic heterocycles. The highest BCUT2D eigenvalue weighted by molar-refractivity contribution is 9.11. The van der Waals surface area contributed by atoms with Crippen LogP contribution < -0.4 is 10.5 Å². The zero-order valence-corrected chi connectivity index (χ0v) is 14.3. The fraction of sp³-hybridized carbons (Fsp3) is 0.182. The van der Waals surface area contributed by atoms with Gasteiger partial charge in [-0.2, -0.15) is 0 Å². The van der Waals surface area contributed by atoms with E-state index in [9.17, 15) is 8.42 Å². The number of hydrogen-bond acceptors (Lipinski definition) is 6. The quantitative estimate of drug-likeness (QED) is 0.581. The van der Waals surface area contributed by atoms with Crippen molar-refractivity contribution in [1.29, 1.82) is 0 Å². The maximum absolute atomic E-state index is 11.9. The molecule has 5 nitrogen and oxygen atoms in total. The van der Waals surface area contributed by atoms with Crippen molar-refractivity contribution in [3.8, 4) is 0 Å². The van der Waals surface area contributed by atoms with Crippen LogP contribution in [0.15, 0.2) is 39.1 Å². The van der Waals surface area contributed by atoms with E-state index in [1.807, 2.05) is 12.1 Å². The van der Waals surface area contributed by atoms with Gasteiger partial charge in [0.1, 0.15) is 0 Å². The summed E-state index contributed by atoms with van der Waals surface area (Å²) in [5.41, 5.74) is 6.28. The number of thiazole rings is 1. The van der Waals surface area contributed by atoms with Crippen LogP contribution in [-0.4, -0.2) is 24.9 Å². The first-order chi connectivity index (χ1) is 9.44. The van der Waals surface area contributed by atoms with Gasteiger partial charge in [-0.3, -0.25) is 4.72 Å². The van der Waals surface area contributed by atoms with Gasteiger partial charge in [0.15, 0.2) is 5.13 Å². The van der Waals surface area contributed by atoms with Crippen LogP contribution in [0.25, 0.3) is 0 Å². The van der Waals surface area contributed by atoms with Crippen LogP contribution in [-0.2, 0) is 10.0 Å². The summed E-state index contributed by atoms with van der Waals surface area (Å²) in [6, 6.07) is 7.33. The van der Waals surface area contributed by atoms with Crippen LogP contribution in [0.5, 0.6) is 0 Å². The summed E-state index contributed by atoms with van der Waals surface area (Å²) in [5.74, 6) is 0.491. The first-order valence-electron chi connectivity index (χ1n) is 5.55. The summed E-state index contributed by atoms with van der Waals surface area (Å²) < 4.78 is 27.0. The smallest absolute Gasteiger partial charge is 0.235 e. The zero-order chi connectivity index (χ0) is 14.6. The Morgan fingerprint density at radius 3 is 2.65 bits per heavy atom. The maximum atomic E-state index is 11.9. The number of halogens is 1. The van der Waals surface area contributed by atoms with Crippen molar-refractivity contribution < 1.29 is 8.42 Å². The normalized spacial score (nSPS) is 11.4. The number of nitrogens with zero attached hydrogens (tertiary/aromatic N) is 1. The van der Waals surface area contributed by atoms with E-state index in [0.717, 1.165) is 8.68 Å². The van der Waals surface area contributed by atoms with Gasteiger partial charge in [0.2, 0.25) is 10.0 Å². The number of thioether (sulfide) groups is 1. The van der Waals surface area contributed by atoms with E-state index in [4.69, 9.17) is 5.73 Å². The van der Waals surface area contributed by atoms with Gasteiger partial charge in [0, 0.05) is 16.3 Å². The predicted molar refractivity (Wildman–Crippen MR) is 88.8 cm³/mol. The van der Waals surface area contributed by atoms with Crippen molar-refractivity contribution in [2.24, 2.45) is 0 Å². The molecular weight excluding hydrogens is 382 g/mol. The minimum Gasteiger partial charge on any atom is -0.399 e. The van der Waals surface area contributed by atoms with Gasteiger partial charge in [-0.1, -0.05) is 11.3 Å². The number of nitrogens with two attached hydrogens (primary N) is 1. The molecule has 2 aromatic rings. The van der Waals surface area contributed by atoms with E-state index in [1.165, 1.54) is 23.1 Å². The van der Waals surface area contributed by atoms with E-state index >= 15 is 0 Å². The largest absolute Gasteiger partial charge is 0.399 e. The van der Waals surface area contributed by atoms with Crippen molar-refractivity contribution >= 4 is 59.9 Å². The van der Waals surface area contributed by atoms with Gasteiger partial charge in [0.05, 0.1) is 15.7 Å². The van der Waals surface area contributed by atoms with Crippen molar-refractivity contribution in [3.63, 3.8) is 0 Å². The molecule has 2 rings (SSSR count). The summed E-state index contributed by atoms with van der Waals surface area (Å²) in [7, 11) is -3.37. The Balaban J connectivity index is 1.84. The number of aromatic nitrogens is 1. The van der Waals surface area contributed by atoms with Crippen LogP contribution in [0.3, 0.4) is 0 Å². The fourth-order valence-corrected chi connectivity index (χ4v) is 5.02. The molecule has 0 bridgehead atoms. The highest BCUT2D eigenvalue weighted by Gasteiger charge is 2.12. The third-order valence-corrected chi connectivity index (χ3v) is 6.26. The molecule has 108 valence electrons. The van der Waals surface area contributed by atoms with E-state index in [0.29, 0.717) is 16.6 Å². The first kappa shape index (κ1) is 15.6. The Kier molecular flexibility index (Phi) is 5.30. The second kappa shape index (κ2) is 6.79. The molecule has 1 heterocycles. The Hall–Kier alpha value is -0.770. The number of hydrogen-bond donors (Lipinski definition) is 2. The molecule has 0 fully saturated rings. The number of benzene rings is 1. The van der Waals surface area contributed by atoms with Crippen LogP contribution >= 0.6 is 39.0 Å².